The second kappa shape index (κ2) is 9.42. The predicted molar refractivity (Wildman–Crippen MR) is 98.7 cm³/mol. The second-order valence-corrected chi connectivity index (χ2v) is 7.11. The molecule has 0 saturated heterocycles. The van der Waals surface area contributed by atoms with E-state index in [1.807, 2.05) is 0 Å². The summed E-state index contributed by atoms with van der Waals surface area (Å²) in [4.78, 5) is 26.9. The van der Waals surface area contributed by atoms with Gasteiger partial charge in [-0.15, -0.1) is 11.8 Å². The van der Waals surface area contributed by atoms with Crippen LogP contribution in [0.25, 0.3) is 5.65 Å². The maximum atomic E-state index is 12.2. The Balaban J connectivity index is 2.25. The molecule has 0 radical (unpaired) electrons. The van der Waals surface area contributed by atoms with Crippen LogP contribution < -0.4 is 5.32 Å². The monoisotopic (exact) mass is 380 g/mol. The van der Waals surface area contributed by atoms with E-state index in [2.05, 4.69) is 29.2 Å². The van der Waals surface area contributed by atoms with E-state index < -0.39 is 18.4 Å². The minimum atomic E-state index is -1.17. The minimum absolute atomic E-state index is 0.0771. The fourth-order valence-corrected chi connectivity index (χ4v) is 4.02. The SMILES string of the molecule is CCCC(CCC)CSc1cc(O)c(C(=O)NCC(=O)O)c2ncnn12. The molecule has 0 aliphatic rings. The lowest BCUT2D eigenvalue weighted by Crippen LogP contribution is -2.29. The molecule has 0 aromatic carbocycles. The van der Waals surface area contributed by atoms with Crippen molar-refractivity contribution in [1.82, 2.24) is 19.9 Å². The van der Waals surface area contributed by atoms with Crippen molar-refractivity contribution in [2.24, 2.45) is 5.92 Å². The molecule has 1 amide bonds. The summed E-state index contributed by atoms with van der Waals surface area (Å²) in [6.07, 6.45) is 5.84. The van der Waals surface area contributed by atoms with Crippen LogP contribution in [0.15, 0.2) is 17.4 Å². The quantitative estimate of drug-likeness (QED) is 0.542. The van der Waals surface area contributed by atoms with Crippen LogP contribution in [0.5, 0.6) is 5.75 Å². The van der Waals surface area contributed by atoms with Crippen LogP contribution in [0.4, 0.5) is 0 Å². The van der Waals surface area contributed by atoms with Gasteiger partial charge in [-0.2, -0.15) is 5.10 Å². The highest BCUT2D eigenvalue weighted by Gasteiger charge is 2.21. The molecule has 0 aliphatic carbocycles. The standard InChI is InChI=1S/C17H24N4O4S/c1-3-5-11(6-4-2)9-26-13-7-12(22)15(16-19-10-20-21(13)16)17(25)18-8-14(23)24/h7,10-11,22H,3-6,8-9H2,1-2H3,(H,18,25)(H,23,24). The van der Waals surface area contributed by atoms with E-state index in [-0.39, 0.29) is 17.0 Å². The number of nitrogens with one attached hydrogen (secondary N) is 1. The van der Waals surface area contributed by atoms with Crippen LogP contribution >= 0.6 is 11.8 Å². The Morgan fingerprint density at radius 3 is 2.62 bits per heavy atom. The van der Waals surface area contributed by atoms with E-state index in [1.165, 1.54) is 16.9 Å². The average Bonchev–Trinajstić information content (AvgIpc) is 3.07. The van der Waals surface area contributed by atoms with Gasteiger partial charge in [0.25, 0.3) is 5.91 Å². The van der Waals surface area contributed by atoms with Crippen molar-refractivity contribution in [3.8, 4) is 5.75 Å². The van der Waals surface area contributed by atoms with Gasteiger partial charge in [0.15, 0.2) is 5.65 Å². The molecule has 26 heavy (non-hydrogen) atoms. The van der Waals surface area contributed by atoms with Crippen LogP contribution in [0.3, 0.4) is 0 Å². The predicted octanol–water partition coefficient (Wildman–Crippen LogP) is 2.56. The summed E-state index contributed by atoms with van der Waals surface area (Å²) in [5.41, 5.74) is 0.129. The van der Waals surface area contributed by atoms with E-state index in [4.69, 9.17) is 5.11 Å². The average molecular weight is 380 g/mol. The van der Waals surface area contributed by atoms with Crippen LogP contribution in [0.2, 0.25) is 0 Å². The van der Waals surface area contributed by atoms with Gasteiger partial charge in [-0.1, -0.05) is 26.7 Å². The number of hydrogen-bond donors (Lipinski definition) is 3. The lowest BCUT2D eigenvalue weighted by Gasteiger charge is -2.15. The largest absolute Gasteiger partial charge is 0.507 e. The fraction of sp³-hybridized carbons (Fsp3) is 0.529. The first-order valence-corrected chi connectivity index (χ1v) is 9.64. The van der Waals surface area contributed by atoms with E-state index >= 15 is 0 Å². The van der Waals surface area contributed by atoms with Gasteiger partial charge in [-0.25, -0.2) is 9.50 Å². The molecule has 8 nitrogen and oxygen atoms in total. The first-order valence-electron chi connectivity index (χ1n) is 8.66. The van der Waals surface area contributed by atoms with Crippen LogP contribution in [-0.2, 0) is 4.79 Å². The van der Waals surface area contributed by atoms with Gasteiger partial charge in [-0.3, -0.25) is 9.59 Å². The van der Waals surface area contributed by atoms with Gasteiger partial charge in [-0.05, 0) is 18.8 Å². The van der Waals surface area contributed by atoms with Crippen molar-refractivity contribution in [2.45, 2.75) is 44.6 Å². The van der Waals surface area contributed by atoms with E-state index in [1.54, 1.807) is 11.8 Å². The second-order valence-electron chi connectivity index (χ2n) is 6.07. The molecule has 0 fully saturated rings. The van der Waals surface area contributed by atoms with Crippen molar-refractivity contribution in [3.63, 3.8) is 0 Å². The maximum absolute atomic E-state index is 12.2. The van der Waals surface area contributed by atoms with Gasteiger partial charge < -0.3 is 15.5 Å². The number of carboxylic acids is 1. The molecular weight excluding hydrogens is 356 g/mol. The van der Waals surface area contributed by atoms with Gasteiger partial charge in [0, 0.05) is 11.8 Å². The molecule has 2 aromatic rings. The highest BCUT2D eigenvalue weighted by atomic mass is 32.2. The molecule has 0 spiro atoms. The third-order valence-electron chi connectivity index (χ3n) is 3.98. The zero-order chi connectivity index (χ0) is 19.1. The first kappa shape index (κ1) is 20.0. The zero-order valence-electron chi connectivity index (χ0n) is 14.9. The van der Waals surface area contributed by atoms with Crippen LogP contribution in [0, 0.1) is 5.92 Å². The highest BCUT2D eigenvalue weighted by molar-refractivity contribution is 7.99. The van der Waals surface area contributed by atoms with Crippen molar-refractivity contribution in [1.29, 1.82) is 0 Å². The lowest BCUT2D eigenvalue weighted by molar-refractivity contribution is -0.135. The smallest absolute Gasteiger partial charge is 0.322 e. The van der Waals surface area contributed by atoms with Crippen molar-refractivity contribution < 1.29 is 19.8 Å². The summed E-state index contributed by atoms with van der Waals surface area (Å²) >= 11 is 1.57. The number of fused-ring (bicyclic) bond motifs is 1. The van der Waals surface area contributed by atoms with Gasteiger partial charge in [0.05, 0.1) is 0 Å². The normalized spacial score (nSPS) is 11.2. The summed E-state index contributed by atoms with van der Waals surface area (Å²) < 4.78 is 1.51. The number of pyridine rings is 1. The number of amides is 1. The Bertz CT molecular complexity index is 771. The molecular formula is C17H24N4O4S. The zero-order valence-corrected chi connectivity index (χ0v) is 15.8. The highest BCUT2D eigenvalue weighted by Crippen LogP contribution is 2.31. The molecule has 0 unspecified atom stereocenters. The number of hydrogen-bond acceptors (Lipinski definition) is 6. The maximum Gasteiger partial charge on any atom is 0.322 e. The Labute approximate surface area is 156 Å². The Morgan fingerprint density at radius 1 is 1.31 bits per heavy atom. The molecule has 3 N–H and O–H groups in total. The van der Waals surface area contributed by atoms with Crippen LogP contribution in [0.1, 0.15) is 49.9 Å². The number of aromatic nitrogens is 3. The summed E-state index contributed by atoms with van der Waals surface area (Å²) in [6.45, 7) is 3.80. The molecule has 2 heterocycles. The number of aliphatic carboxylic acids is 1. The first-order chi connectivity index (χ1) is 12.5. The fourth-order valence-electron chi connectivity index (χ4n) is 2.83. The Morgan fingerprint density at radius 2 is 2.00 bits per heavy atom. The molecule has 2 aromatic heterocycles. The number of nitrogens with zero attached hydrogens (tertiary/aromatic N) is 3. The third-order valence-corrected chi connectivity index (χ3v) is 5.21. The summed E-state index contributed by atoms with van der Waals surface area (Å²) in [6, 6.07) is 1.48. The van der Waals surface area contributed by atoms with Crippen molar-refractivity contribution >= 4 is 29.3 Å². The van der Waals surface area contributed by atoms with Crippen LogP contribution in [-0.4, -0.2) is 49.0 Å². The van der Waals surface area contributed by atoms with Crippen molar-refractivity contribution in [2.75, 3.05) is 12.3 Å². The Kier molecular flexibility index (Phi) is 7.26. The lowest BCUT2D eigenvalue weighted by atomic mass is 10.0. The topological polar surface area (TPSA) is 117 Å². The minimum Gasteiger partial charge on any atom is -0.507 e. The molecule has 9 heteroatoms. The molecule has 0 saturated carbocycles. The molecule has 142 valence electrons. The van der Waals surface area contributed by atoms with Crippen molar-refractivity contribution in [3.05, 3.63) is 18.0 Å². The Hall–Kier alpha value is -2.29. The number of aromatic hydroxyl groups is 1. The van der Waals surface area contributed by atoms with E-state index in [0.717, 1.165) is 31.4 Å². The molecule has 0 atom stereocenters. The van der Waals surface area contributed by atoms with E-state index in [0.29, 0.717) is 10.9 Å². The summed E-state index contributed by atoms with van der Waals surface area (Å²) in [7, 11) is 0. The van der Waals surface area contributed by atoms with Gasteiger partial charge in [0.2, 0.25) is 0 Å². The molecule has 2 rings (SSSR count). The molecule has 0 bridgehead atoms. The number of carbonyl (C=O) groups is 2. The molecule has 0 aliphatic heterocycles. The summed E-state index contributed by atoms with van der Waals surface area (Å²) in [5, 5.41) is 26.1. The van der Waals surface area contributed by atoms with Gasteiger partial charge in [0.1, 0.15) is 29.2 Å². The number of rotatable bonds is 10. The number of carbonyl (C=O) groups excluding carboxylic acids is 1. The van der Waals surface area contributed by atoms with Gasteiger partial charge >= 0.3 is 5.97 Å². The number of carboxylic acid groups (broad SMARTS) is 1. The summed E-state index contributed by atoms with van der Waals surface area (Å²) in [5.74, 6) is -0.636. The number of thioether (sulfide) groups is 1. The third kappa shape index (κ3) is 4.87. The van der Waals surface area contributed by atoms with E-state index in [9.17, 15) is 14.7 Å².